The predicted molar refractivity (Wildman–Crippen MR) is 140 cm³/mol. The molecule has 4 rings (SSSR count). The third-order valence-electron chi connectivity index (χ3n) is 6.41. The molecule has 0 saturated carbocycles. The molecule has 1 fully saturated rings. The molecule has 10 nitrogen and oxygen atoms in total. The van der Waals surface area contributed by atoms with Gasteiger partial charge in [0.1, 0.15) is 0 Å². The Hall–Kier alpha value is -3.08. The number of hydrogen-bond donors (Lipinski definition) is 1. The molecule has 0 bridgehead atoms. The molecule has 1 saturated heterocycles. The van der Waals surface area contributed by atoms with Gasteiger partial charge in [-0.3, -0.25) is 14.3 Å². The highest BCUT2D eigenvalue weighted by Gasteiger charge is 2.19. The van der Waals surface area contributed by atoms with E-state index in [0.717, 1.165) is 50.0 Å². The van der Waals surface area contributed by atoms with Crippen LogP contribution in [0.5, 0.6) is 5.88 Å². The molecule has 0 radical (unpaired) electrons. The zero-order chi connectivity index (χ0) is 25.3. The van der Waals surface area contributed by atoms with Gasteiger partial charge in [0.15, 0.2) is 11.5 Å². The van der Waals surface area contributed by atoms with Crippen LogP contribution in [0.1, 0.15) is 26.2 Å². The number of nitrogens with zero attached hydrogens (tertiary/aromatic N) is 5. The minimum absolute atomic E-state index is 0.178. The molecule has 3 aromatic rings. The normalized spacial score (nSPS) is 16.4. The molecule has 1 unspecified atom stereocenters. The summed E-state index contributed by atoms with van der Waals surface area (Å²) in [5.74, 6) is 0.849. The Morgan fingerprint density at radius 2 is 1.97 bits per heavy atom. The van der Waals surface area contributed by atoms with Crippen molar-refractivity contribution >= 4 is 17.0 Å². The fourth-order valence-corrected chi connectivity index (χ4v) is 4.43. The summed E-state index contributed by atoms with van der Waals surface area (Å²) < 4.78 is 18.1. The lowest BCUT2D eigenvalue weighted by atomic mass is 10.1. The Labute approximate surface area is 211 Å². The maximum atomic E-state index is 13.5. The standard InChI is InChI=1S/C26H36N6O4/c1-4-13-36-14-12-32-22-15-20(19-7-8-23(35-3)28-16-19)17-29-24(22)30-25(26(32)33)27-9-11-31-10-5-6-21(18-31)34-2/h7-8,15-17,21H,4-6,9-14,18H2,1-3H3,(H,27,29,30). The van der Waals surface area contributed by atoms with Crippen molar-refractivity contribution in [2.75, 3.05) is 58.9 Å². The van der Waals surface area contributed by atoms with Crippen LogP contribution in [0.4, 0.5) is 5.82 Å². The Morgan fingerprint density at radius 1 is 1.11 bits per heavy atom. The van der Waals surface area contributed by atoms with Gasteiger partial charge in [0, 0.05) is 69.5 Å². The van der Waals surface area contributed by atoms with Crippen LogP contribution >= 0.6 is 0 Å². The summed E-state index contributed by atoms with van der Waals surface area (Å²) in [5.41, 5.74) is 2.72. The van der Waals surface area contributed by atoms with E-state index >= 15 is 0 Å². The number of nitrogens with one attached hydrogen (secondary N) is 1. The number of aromatic nitrogens is 4. The van der Waals surface area contributed by atoms with Gasteiger partial charge in [-0.2, -0.15) is 0 Å². The zero-order valence-electron chi connectivity index (χ0n) is 21.4. The summed E-state index contributed by atoms with van der Waals surface area (Å²) in [6.45, 7) is 6.95. The molecule has 36 heavy (non-hydrogen) atoms. The van der Waals surface area contributed by atoms with Crippen molar-refractivity contribution in [2.45, 2.75) is 38.8 Å². The third kappa shape index (κ3) is 6.37. The molecule has 0 spiro atoms. The van der Waals surface area contributed by atoms with E-state index < -0.39 is 0 Å². The monoisotopic (exact) mass is 496 g/mol. The van der Waals surface area contributed by atoms with Crippen molar-refractivity contribution in [3.63, 3.8) is 0 Å². The van der Waals surface area contributed by atoms with Crippen LogP contribution in [0.2, 0.25) is 0 Å². The van der Waals surface area contributed by atoms with E-state index in [1.54, 1.807) is 37.2 Å². The number of likely N-dealkylation sites (tertiary alicyclic amines) is 1. The van der Waals surface area contributed by atoms with E-state index in [1.807, 2.05) is 12.1 Å². The molecule has 1 aliphatic rings. The van der Waals surface area contributed by atoms with E-state index in [-0.39, 0.29) is 11.7 Å². The second kappa shape index (κ2) is 12.8. The maximum Gasteiger partial charge on any atom is 0.293 e. The molecule has 0 aliphatic carbocycles. The first kappa shape index (κ1) is 26.0. The number of methoxy groups -OCH3 is 2. The third-order valence-corrected chi connectivity index (χ3v) is 6.41. The van der Waals surface area contributed by atoms with Crippen molar-refractivity contribution in [3.05, 3.63) is 40.9 Å². The van der Waals surface area contributed by atoms with Gasteiger partial charge in [-0.25, -0.2) is 15.0 Å². The summed E-state index contributed by atoms with van der Waals surface area (Å²) in [5, 5.41) is 3.25. The summed E-state index contributed by atoms with van der Waals surface area (Å²) >= 11 is 0. The molecule has 1 N–H and O–H groups in total. The first-order chi connectivity index (χ1) is 17.6. The molecular weight excluding hydrogens is 460 g/mol. The minimum atomic E-state index is -0.178. The van der Waals surface area contributed by atoms with Crippen LogP contribution in [-0.4, -0.2) is 84.1 Å². The zero-order valence-corrected chi connectivity index (χ0v) is 21.4. The summed E-state index contributed by atoms with van der Waals surface area (Å²) in [7, 11) is 3.35. The van der Waals surface area contributed by atoms with Gasteiger partial charge in [0.2, 0.25) is 5.88 Å². The molecule has 0 amide bonds. The van der Waals surface area contributed by atoms with Gasteiger partial charge in [0.25, 0.3) is 5.56 Å². The van der Waals surface area contributed by atoms with Crippen LogP contribution in [-0.2, 0) is 16.0 Å². The number of pyridine rings is 2. The quantitative estimate of drug-likeness (QED) is 0.379. The Kier molecular flexibility index (Phi) is 9.21. The van der Waals surface area contributed by atoms with Crippen molar-refractivity contribution in [1.82, 2.24) is 24.4 Å². The highest BCUT2D eigenvalue weighted by molar-refractivity contribution is 5.78. The summed E-state index contributed by atoms with van der Waals surface area (Å²) in [4.78, 5) is 29.3. The number of rotatable bonds is 12. The molecule has 0 aromatic carbocycles. The van der Waals surface area contributed by atoms with E-state index in [4.69, 9.17) is 14.2 Å². The van der Waals surface area contributed by atoms with Gasteiger partial charge < -0.3 is 19.5 Å². The van der Waals surface area contributed by atoms with Crippen LogP contribution in [0.15, 0.2) is 35.4 Å². The van der Waals surface area contributed by atoms with Gasteiger partial charge in [0.05, 0.1) is 25.3 Å². The first-order valence-electron chi connectivity index (χ1n) is 12.6. The largest absolute Gasteiger partial charge is 0.481 e. The lowest BCUT2D eigenvalue weighted by Gasteiger charge is -2.31. The number of fused-ring (bicyclic) bond motifs is 1. The topological polar surface area (TPSA) is 104 Å². The number of hydrogen-bond acceptors (Lipinski definition) is 9. The number of ether oxygens (including phenoxy) is 3. The molecule has 1 atom stereocenters. The minimum Gasteiger partial charge on any atom is -0.481 e. The Morgan fingerprint density at radius 3 is 2.72 bits per heavy atom. The molecule has 1 aliphatic heterocycles. The van der Waals surface area contributed by atoms with Gasteiger partial charge >= 0.3 is 0 Å². The molecule has 10 heteroatoms. The van der Waals surface area contributed by atoms with E-state index in [9.17, 15) is 4.79 Å². The van der Waals surface area contributed by atoms with Gasteiger partial charge in [-0.1, -0.05) is 6.92 Å². The lowest BCUT2D eigenvalue weighted by molar-refractivity contribution is 0.0329. The van der Waals surface area contributed by atoms with Crippen LogP contribution in [0.3, 0.4) is 0 Å². The smallest absolute Gasteiger partial charge is 0.293 e. The first-order valence-corrected chi connectivity index (χ1v) is 12.6. The average molecular weight is 497 g/mol. The van der Waals surface area contributed by atoms with Crippen LogP contribution in [0.25, 0.3) is 22.3 Å². The maximum absolute atomic E-state index is 13.5. The van der Waals surface area contributed by atoms with Crippen molar-refractivity contribution < 1.29 is 14.2 Å². The van der Waals surface area contributed by atoms with E-state index in [1.165, 1.54) is 0 Å². The SMILES string of the molecule is CCCOCCn1c(=O)c(NCCN2CCCC(OC)C2)nc2ncc(-c3ccc(OC)nc3)cc21. The average Bonchev–Trinajstić information content (AvgIpc) is 2.92. The summed E-state index contributed by atoms with van der Waals surface area (Å²) in [6, 6.07) is 5.65. The van der Waals surface area contributed by atoms with Crippen LogP contribution < -0.4 is 15.6 Å². The second-order valence-corrected chi connectivity index (χ2v) is 8.91. The Balaban J connectivity index is 1.57. The lowest BCUT2D eigenvalue weighted by Crippen LogP contribution is -2.41. The Bertz CT molecular complexity index is 1180. The summed E-state index contributed by atoms with van der Waals surface area (Å²) in [6.07, 6.45) is 6.90. The fraction of sp³-hybridized carbons (Fsp3) is 0.538. The van der Waals surface area contributed by atoms with E-state index in [2.05, 4.69) is 32.1 Å². The molecule has 194 valence electrons. The van der Waals surface area contributed by atoms with Crippen LogP contribution in [0, 0.1) is 0 Å². The van der Waals surface area contributed by atoms with Crippen molar-refractivity contribution in [2.24, 2.45) is 0 Å². The highest BCUT2D eigenvalue weighted by Crippen LogP contribution is 2.23. The van der Waals surface area contributed by atoms with E-state index in [0.29, 0.717) is 49.2 Å². The van der Waals surface area contributed by atoms with Crippen molar-refractivity contribution in [3.8, 4) is 17.0 Å². The molecule has 3 aromatic heterocycles. The van der Waals surface area contributed by atoms with Gasteiger partial charge in [-0.15, -0.1) is 0 Å². The number of piperidine rings is 1. The molecule has 4 heterocycles. The molecular formula is C26H36N6O4. The second-order valence-electron chi connectivity index (χ2n) is 8.91. The predicted octanol–water partition coefficient (Wildman–Crippen LogP) is 2.81. The highest BCUT2D eigenvalue weighted by atomic mass is 16.5. The van der Waals surface area contributed by atoms with Crippen molar-refractivity contribution in [1.29, 1.82) is 0 Å². The van der Waals surface area contributed by atoms with Gasteiger partial charge in [-0.05, 0) is 37.9 Å². The number of anilines is 1. The fourth-order valence-electron chi connectivity index (χ4n) is 4.43.